The molecule has 3 N–H and O–H groups in total. The molecule has 0 aliphatic rings. The van der Waals surface area contributed by atoms with E-state index in [2.05, 4.69) is 4.98 Å². The van der Waals surface area contributed by atoms with Crippen molar-refractivity contribution in [1.82, 2.24) is 4.98 Å². The van der Waals surface area contributed by atoms with Crippen LogP contribution in [0.1, 0.15) is 10.4 Å². The third kappa shape index (κ3) is 2.05. The lowest BCUT2D eigenvalue weighted by Gasteiger charge is -2.04. The number of aliphatic hydroxyl groups excluding tert-OH is 1. The minimum atomic E-state index is -0.942. The number of benzene rings is 1. The lowest BCUT2D eigenvalue weighted by atomic mass is 10.1. The van der Waals surface area contributed by atoms with Crippen molar-refractivity contribution < 1.29 is 15.0 Å². The quantitative estimate of drug-likeness (QED) is 0.711. The monoisotopic (exact) mass is 237 g/mol. The molecular formula is C11H11NO3S. The van der Waals surface area contributed by atoms with E-state index in [9.17, 15) is 4.79 Å². The predicted octanol–water partition coefficient (Wildman–Crippen LogP) is 1.95. The highest BCUT2D eigenvalue weighted by atomic mass is 32.2. The summed E-state index contributed by atoms with van der Waals surface area (Å²) in [6.45, 7) is 0.0773. The van der Waals surface area contributed by atoms with Gasteiger partial charge in [-0.05, 0) is 18.2 Å². The Morgan fingerprint density at radius 1 is 1.44 bits per heavy atom. The van der Waals surface area contributed by atoms with Gasteiger partial charge in [-0.15, -0.1) is 11.8 Å². The van der Waals surface area contributed by atoms with E-state index in [4.69, 9.17) is 10.2 Å². The highest BCUT2D eigenvalue weighted by molar-refractivity contribution is 7.99. The van der Waals surface area contributed by atoms with Gasteiger partial charge in [0.2, 0.25) is 0 Å². The van der Waals surface area contributed by atoms with Crippen LogP contribution >= 0.6 is 11.8 Å². The Morgan fingerprint density at radius 3 is 2.94 bits per heavy atom. The van der Waals surface area contributed by atoms with Gasteiger partial charge in [0.25, 0.3) is 0 Å². The number of carboxylic acids is 1. The number of aromatic carboxylic acids is 1. The maximum Gasteiger partial charge on any atom is 0.335 e. The first-order chi connectivity index (χ1) is 7.72. The van der Waals surface area contributed by atoms with Crippen LogP contribution in [0.4, 0.5) is 0 Å². The van der Waals surface area contributed by atoms with Gasteiger partial charge in [0.1, 0.15) is 0 Å². The summed E-state index contributed by atoms with van der Waals surface area (Å²) in [5.41, 5.74) is 1.07. The molecule has 0 unspecified atom stereocenters. The molecule has 84 valence electrons. The standard InChI is InChI=1S/C11H11NO3S/c13-3-4-16-10-6-7(11(14)15)5-9-8(10)1-2-12-9/h1-2,5-6,12-13H,3-4H2,(H,14,15). The summed E-state index contributed by atoms with van der Waals surface area (Å²) in [5, 5.41) is 18.7. The van der Waals surface area contributed by atoms with Crippen molar-refractivity contribution in [3.05, 3.63) is 30.0 Å². The van der Waals surface area contributed by atoms with Gasteiger partial charge in [-0.1, -0.05) is 0 Å². The van der Waals surface area contributed by atoms with Crippen molar-refractivity contribution in [2.24, 2.45) is 0 Å². The number of fused-ring (bicyclic) bond motifs is 1. The van der Waals surface area contributed by atoms with Crippen LogP contribution in [-0.2, 0) is 0 Å². The van der Waals surface area contributed by atoms with Crippen LogP contribution in [0.3, 0.4) is 0 Å². The number of nitrogens with one attached hydrogen (secondary N) is 1. The molecule has 0 aliphatic carbocycles. The molecule has 0 bridgehead atoms. The van der Waals surface area contributed by atoms with Crippen molar-refractivity contribution in [3.8, 4) is 0 Å². The van der Waals surface area contributed by atoms with E-state index < -0.39 is 5.97 Å². The van der Waals surface area contributed by atoms with E-state index in [0.717, 1.165) is 15.8 Å². The SMILES string of the molecule is O=C(O)c1cc(SCCO)c2cc[nH]c2c1. The summed E-state index contributed by atoms with van der Waals surface area (Å²) in [5.74, 6) is -0.383. The van der Waals surface area contributed by atoms with Crippen LogP contribution in [0.15, 0.2) is 29.3 Å². The molecule has 0 amide bonds. The molecule has 2 aromatic rings. The molecule has 0 saturated heterocycles. The minimum Gasteiger partial charge on any atom is -0.478 e. The Kier molecular flexibility index (Phi) is 3.17. The number of aromatic amines is 1. The lowest BCUT2D eigenvalue weighted by molar-refractivity contribution is 0.0697. The van der Waals surface area contributed by atoms with E-state index in [1.54, 1.807) is 18.3 Å². The number of aromatic nitrogens is 1. The fourth-order valence-corrected chi connectivity index (χ4v) is 2.39. The molecule has 16 heavy (non-hydrogen) atoms. The maximum atomic E-state index is 10.9. The lowest BCUT2D eigenvalue weighted by Crippen LogP contribution is -1.97. The molecule has 0 atom stereocenters. The number of hydrogen-bond acceptors (Lipinski definition) is 3. The number of thioether (sulfide) groups is 1. The van der Waals surface area contributed by atoms with E-state index in [1.165, 1.54) is 11.8 Å². The first kappa shape index (κ1) is 11.0. The van der Waals surface area contributed by atoms with Crippen LogP contribution in [0.2, 0.25) is 0 Å². The second kappa shape index (κ2) is 4.59. The van der Waals surface area contributed by atoms with Gasteiger partial charge >= 0.3 is 5.97 Å². The van der Waals surface area contributed by atoms with E-state index in [-0.39, 0.29) is 12.2 Å². The van der Waals surface area contributed by atoms with Gasteiger partial charge in [-0.3, -0.25) is 0 Å². The number of aliphatic hydroxyl groups is 1. The summed E-state index contributed by atoms with van der Waals surface area (Å²) in [6.07, 6.45) is 1.78. The smallest absolute Gasteiger partial charge is 0.335 e. The van der Waals surface area contributed by atoms with Crippen molar-refractivity contribution in [1.29, 1.82) is 0 Å². The summed E-state index contributed by atoms with van der Waals surface area (Å²) in [7, 11) is 0. The molecule has 0 spiro atoms. The van der Waals surface area contributed by atoms with Gasteiger partial charge < -0.3 is 15.2 Å². The zero-order valence-electron chi connectivity index (χ0n) is 8.43. The Hall–Kier alpha value is -1.46. The molecule has 1 aromatic carbocycles. The maximum absolute atomic E-state index is 10.9. The zero-order valence-corrected chi connectivity index (χ0v) is 9.25. The molecule has 0 fully saturated rings. The van der Waals surface area contributed by atoms with Gasteiger partial charge in [0.05, 0.1) is 12.2 Å². The normalized spacial score (nSPS) is 10.8. The van der Waals surface area contributed by atoms with Crippen molar-refractivity contribution >= 4 is 28.6 Å². The molecule has 0 radical (unpaired) electrons. The number of hydrogen-bond donors (Lipinski definition) is 3. The molecule has 5 heteroatoms. The highest BCUT2D eigenvalue weighted by Gasteiger charge is 2.09. The van der Waals surface area contributed by atoms with Crippen molar-refractivity contribution in [2.75, 3.05) is 12.4 Å². The molecule has 2 rings (SSSR count). The Labute approximate surface area is 96.3 Å². The highest BCUT2D eigenvalue weighted by Crippen LogP contribution is 2.28. The zero-order chi connectivity index (χ0) is 11.5. The van der Waals surface area contributed by atoms with Crippen LogP contribution in [-0.4, -0.2) is 33.5 Å². The van der Waals surface area contributed by atoms with Crippen LogP contribution in [0.25, 0.3) is 10.9 Å². The third-order valence-corrected chi connectivity index (χ3v) is 3.26. The Morgan fingerprint density at radius 2 is 2.25 bits per heavy atom. The summed E-state index contributed by atoms with van der Waals surface area (Å²) in [4.78, 5) is 14.8. The molecule has 1 aromatic heterocycles. The first-order valence-corrected chi connectivity index (χ1v) is 5.79. The predicted molar refractivity (Wildman–Crippen MR) is 63.1 cm³/mol. The minimum absolute atomic E-state index is 0.0773. The molecular weight excluding hydrogens is 226 g/mol. The largest absolute Gasteiger partial charge is 0.478 e. The van der Waals surface area contributed by atoms with Crippen molar-refractivity contribution in [3.63, 3.8) is 0 Å². The molecule has 1 heterocycles. The van der Waals surface area contributed by atoms with Gasteiger partial charge in [0.15, 0.2) is 0 Å². The fourth-order valence-electron chi connectivity index (χ4n) is 1.53. The summed E-state index contributed by atoms with van der Waals surface area (Å²) < 4.78 is 0. The van der Waals surface area contributed by atoms with Crippen LogP contribution in [0.5, 0.6) is 0 Å². The van der Waals surface area contributed by atoms with E-state index in [1.807, 2.05) is 6.07 Å². The molecule has 0 saturated carbocycles. The number of carbonyl (C=O) groups is 1. The van der Waals surface area contributed by atoms with Gasteiger partial charge in [0, 0.05) is 27.7 Å². The first-order valence-electron chi connectivity index (χ1n) is 4.80. The second-order valence-electron chi connectivity index (χ2n) is 3.29. The van der Waals surface area contributed by atoms with Crippen molar-refractivity contribution in [2.45, 2.75) is 4.90 Å². The van der Waals surface area contributed by atoms with Crippen LogP contribution in [0, 0.1) is 0 Å². The number of rotatable bonds is 4. The third-order valence-electron chi connectivity index (χ3n) is 2.23. The average molecular weight is 237 g/mol. The number of H-pyrrole nitrogens is 1. The van der Waals surface area contributed by atoms with Gasteiger partial charge in [-0.2, -0.15) is 0 Å². The van der Waals surface area contributed by atoms with E-state index >= 15 is 0 Å². The summed E-state index contributed by atoms with van der Waals surface area (Å²) in [6, 6.07) is 5.15. The fraction of sp³-hybridized carbons (Fsp3) is 0.182. The van der Waals surface area contributed by atoms with Gasteiger partial charge in [-0.25, -0.2) is 4.79 Å². The molecule has 4 nitrogen and oxygen atoms in total. The average Bonchev–Trinajstić information content (AvgIpc) is 2.73. The summed E-state index contributed by atoms with van der Waals surface area (Å²) >= 11 is 1.45. The second-order valence-corrected chi connectivity index (χ2v) is 4.43. The molecule has 0 aliphatic heterocycles. The van der Waals surface area contributed by atoms with Crippen LogP contribution < -0.4 is 0 Å². The van der Waals surface area contributed by atoms with E-state index in [0.29, 0.717) is 5.75 Å². The number of carboxylic acid groups (broad SMARTS) is 1. The Bertz CT molecular complexity index is 521. The topological polar surface area (TPSA) is 73.3 Å². The Balaban J connectivity index is 2.50.